The fraction of sp³-hybridized carbons (Fsp3) is 0.571. The first kappa shape index (κ1) is 14.4. The second kappa shape index (κ2) is 5.99. The molecule has 0 radical (unpaired) electrons. The van der Waals surface area contributed by atoms with Gasteiger partial charge in [0.2, 0.25) is 0 Å². The Bertz CT molecular complexity index is 408. The highest BCUT2D eigenvalue weighted by atomic mass is 32.2. The van der Waals surface area contributed by atoms with Crippen molar-refractivity contribution < 1.29 is 13.5 Å². The lowest BCUT2D eigenvalue weighted by molar-refractivity contribution is -0.0498. The first-order valence-electron chi connectivity index (χ1n) is 6.36. The van der Waals surface area contributed by atoms with Gasteiger partial charge in [-0.3, -0.25) is 0 Å². The minimum absolute atomic E-state index is 0.192. The molecule has 1 N–H and O–H groups in total. The molecule has 1 aromatic rings. The highest BCUT2D eigenvalue weighted by Gasteiger charge is 2.32. The van der Waals surface area contributed by atoms with Gasteiger partial charge in [0.1, 0.15) is 5.75 Å². The molecular formula is C14H19F2NOS. The van der Waals surface area contributed by atoms with E-state index in [4.69, 9.17) is 0 Å². The third-order valence-electron chi connectivity index (χ3n) is 3.54. The van der Waals surface area contributed by atoms with E-state index < -0.39 is 6.61 Å². The van der Waals surface area contributed by atoms with Crippen LogP contribution in [0.1, 0.15) is 20.3 Å². The Hall–Kier alpha value is -0.970. The minimum Gasteiger partial charge on any atom is -0.435 e. The van der Waals surface area contributed by atoms with Crippen LogP contribution in [-0.4, -0.2) is 24.2 Å². The van der Waals surface area contributed by atoms with E-state index in [1.54, 1.807) is 24.3 Å². The summed E-state index contributed by atoms with van der Waals surface area (Å²) in [5.74, 6) is 2.46. The molecule has 0 amide bonds. The lowest BCUT2D eigenvalue weighted by atomic mass is 9.82. The molecule has 5 heteroatoms. The predicted molar refractivity (Wildman–Crippen MR) is 76.2 cm³/mol. The van der Waals surface area contributed by atoms with Crippen molar-refractivity contribution in [3.05, 3.63) is 24.3 Å². The van der Waals surface area contributed by atoms with Gasteiger partial charge in [-0.2, -0.15) is 20.5 Å². The molecule has 2 nitrogen and oxygen atoms in total. The number of anilines is 1. The SMILES string of the molecule is CC1(C)CCSCC1Nc1ccc(OC(F)F)cc1. The molecule has 1 aliphatic rings. The van der Waals surface area contributed by atoms with Gasteiger partial charge in [0.15, 0.2) is 0 Å². The molecule has 1 saturated heterocycles. The number of thioether (sulfide) groups is 1. The van der Waals surface area contributed by atoms with Crippen LogP contribution in [-0.2, 0) is 0 Å². The maximum atomic E-state index is 12.1. The fourth-order valence-corrected chi connectivity index (χ4v) is 3.71. The summed E-state index contributed by atoms with van der Waals surface area (Å²) in [4.78, 5) is 0. The van der Waals surface area contributed by atoms with E-state index >= 15 is 0 Å². The van der Waals surface area contributed by atoms with Gasteiger partial charge in [-0.05, 0) is 41.9 Å². The Morgan fingerprint density at radius 3 is 2.58 bits per heavy atom. The van der Waals surface area contributed by atoms with Crippen LogP contribution in [0.4, 0.5) is 14.5 Å². The normalized spacial score (nSPS) is 22.3. The standard InChI is InChI=1S/C14H19F2NOS/c1-14(2)7-8-19-9-12(14)17-10-3-5-11(6-4-10)18-13(15)16/h3-6,12-13,17H,7-9H2,1-2H3. The molecule has 19 heavy (non-hydrogen) atoms. The van der Waals surface area contributed by atoms with Crippen LogP contribution in [0.3, 0.4) is 0 Å². The molecule has 106 valence electrons. The van der Waals surface area contributed by atoms with E-state index in [0.29, 0.717) is 6.04 Å². The van der Waals surface area contributed by atoms with Gasteiger partial charge in [0.25, 0.3) is 0 Å². The number of halogens is 2. The number of benzene rings is 1. The quantitative estimate of drug-likeness (QED) is 0.895. The second-order valence-corrected chi connectivity index (χ2v) is 6.56. The van der Waals surface area contributed by atoms with E-state index in [1.807, 2.05) is 11.8 Å². The van der Waals surface area contributed by atoms with Crippen molar-refractivity contribution in [1.82, 2.24) is 0 Å². The summed E-state index contributed by atoms with van der Waals surface area (Å²) in [6.07, 6.45) is 1.18. The molecule has 1 aromatic carbocycles. The second-order valence-electron chi connectivity index (χ2n) is 5.41. The molecule has 0 spiro atoms. The lowest BCUT2D eigenvalue weighted by Crippen LogP contribution is -2.41. The summed E-state index contributed by atoms with van der Waals surface area (Å²) in [6.45, 7) is 1.75. The number of hydrogen-bond acceptors (Lipinski definition) is 3. The van der Waals surface area contributed by atoms with Gasteiger partial charge < -0.3 is 10.1 Å². The fourth-order valence-electron chi connectivity index (χ4n) is 2.11. The summed E-state index contributed by atoms with van der Waals surface area (Å²) >= 11 is 1.95. The molecule has 0 saturated carbocycles. The van der Waals surface area contributed by atoms with E-state index in [2.05, 4.69) is 23.9 Å². The number of rotatable bonds is 4. The average Bonchev–Trinajstić information content (AvgIpc) is 2.33. The van der Waals surface area contributed by atoms with Crippen molar-refractivity contribution in [2.45, 2.75) is 32.9 Å². The first-order valence-corrected chi connectivity index (χ1v) is 7.52. The highest BCUT2D eigenvalue weighted by molar-refractivity contribution is 7.99. The van der Waals surface area contributed by atoms with Crippen LogP contribution in [0.15, 0.2) is 24.3 Å². The maximum Gasteiger partial charge on any atom is 0.387 e. The third-order valence-corrected chi connectivity index (χ3v) is 4.60. The lowest BCUT2D eigenvalue weighted by Gasteiger charge is -2.39. The third kappa shape index (κ3) is 4.00. The average molecular weight is 287 g/mol. The Morgan fingerprint density at radius 1 is 1.32 bits per heavy atom. The molecule has 1 heterocycles. The smallest absolute Gasteiger partial charge is 0.387 e. The van der Waals surface area contributed by atoms with Crippen LogP contribution in [0, 0.1) is 5.41 Å². The number of hydrogen-bond donors (Lipinski definition) is 1. The predicted octanol–water partition coefficient (Wildman–Crippen LogP) is 4.23. The molecule has 1 atom stereocenters. The van der Waals surface area contributed by atoms with Crippen molar-refractivity contribution in [1.29, 1.82) is 0 Å². The molecular weight excluding hydrogens is 268 g/mol. The number of ether oxygens (including phenoxy) is 1. The van der Waals surface area contributed by atoms with Crippen LogP contribution in [0.2, 0.25) is 0 Å². The molecule has 1 unspecified atom stereocenters. The molecule has 0 aliphatic carbocycles. The van der Waals surface area contributed by atoms with Crippen LogP contribution >= 0.6 is 11.8 Å². The largest absolute Gasteiger partial charge is 0.435 e. The van der Waals surface area contributed by atoms with Crippen LogP contribution in [0.25, 0.3) is 0 Å². The van der Waals surface area contributed by atoms with Crippen molar-refractivity contribution in [3.8, 4) is 5.75 Å². The summed E-state index contributed by atoms with van der Waals surface area (Å²) in [5, 5.41) is 3.49. The van der Waals surface area contributed by atoms with Gasteiger partial charge in [-0.25, -0.2) is 0 Å². The Morgan fingerprint density at radius 2 is 2.00 bits per heavy atom. The van der Waals surface area contributed by atoms with Gasteiger partial charge in [-0.1, -0.05) is 13.8 Å². The molecule has 0 bridgehead atoms. The Balaban J connectivity index is 1.99. The zero-order valence-electron chi connectivity index (χ0n) is 11.2. The van der Waals surface area contributed by atoms with Crippen molar-refractivity contribution in [2.75, 3.05) is 16.8 Å². The highest BCUT2D eigenvalue weighted by Crippen LogP contribution is 2.36. The van der Waals surface area contributed by atoms with Gasteiger partial charge in [-0.15, -0.1) is 0 Å². The van der Waals surface area contributed by atoms with Crippen molar-refractivity contribution in [2.24, 2.45) is 5.41 Å². The topological polar surface area (TPSA) is 21.3 Å². The van der Waals surface area contributed by atoms with Crippen LogP contribution < -0.4 is 10.1 Å². The zero-order valence-corrected chi connectivity index (χ0v) is 12.0. The van der Waals surface area contributed by atoms with Crippen LogP contribution in [0.5, 0.6) is 5.75 Å². The molecule has 0 aromatic heterocycles. The van der Waals surface area contributed by atoms with Gasteiger partial charge in [0, 0.05) is 17.5 Å². The zero-order chi connectivity index (χ0) is 13.9. The van der Waals surface area contributed by atoms with E-state index in [0.717, 1.165) is 11.4 Å². The Labute approximate surface area is 116 Å². The first-order chi connectivity index (χ1) is 8.97. The van der Waals surface area contributed by atoms with Crippen molar-refractivity contribution in [3.63, 3.8) is 0 Å². The van der Waals surface area contributed by atoms with E-state index in [1.165, 1.54) is 12.2 Å². The Kier molecular flexibility index (Phi) is 4.55. The van der Waals surface area contributed by atoms with Gasteiger partial charge >= 0.3 is 6.61 Å². The summed E-state index contributed by atoms with van der Waals surface area (Å²) < 4.78 is 28.4. The number of nitrogens with one attached hydrogen (secondary N) is 1. The van der Waals surface area contributed by atoms with E-state index in [-0.39, 0.29) is 11.2 Å². The summed E-state index contributed by atoms with van der Waals surface area (Å²) in [6, 6.07) is 7.10. The monoisotopic (exact) mass is 287 g/mol. The molecule has 1 fully saturated rings. The maximum absolute atomic E-state index is 12.1. The van der Waals surface area contributed by atoms with E-state index in [9.17, 15) is 8.78 Å². The minimum atomic E-state index is -2.77. The van der Waals surface area contributed by atoms with Gasteiger partial charge in [0.05, 0.1) is 0 Å². The summed E-state index contributed by atoms with van der Waals surface area (Å²) in [7, 11) is 0. The van der Waals surface area contributed by atoms with Crippen molar-refractivity contribution >= 4 is 17.4 Å². The summed E-state index contributed by atoms with van der Waals surface area (Å²) in [5.41, 5.74) is 1.20. The molecule has 1 aliphatic heterocycles. The molecule has 2 rings (SSSR count). The number of alkyl halides is 2.